The van der Waals surface area contributed by atoms with E-state index in [1.807, 2.05) is 42.5 Å². The van der Waals surface area contributed by atoms with Gasteiger partial charge in [0.25, 0.3) is 10.0 Å². The molecule has 0 fully saturated rings. The molecule has 0 radical (unpaired) electrons. The summed E-state index contributed by atoms with van der Waals surface area (Å²) in [6, 6.07) is 23.2. The van der Waals surface area contributed by atoms with Gasteiger partial charge in [-0.05, 0) is 54.3 Å². The molecule has 3 rings (SSSR count). The summed E-state index contributed by atoms with van der Waals surface area (Å²) < 4.78 is 34.0. The van der Waals surface area contributed by atoms with E-state index in [1.165, 1.54) is 0 Å². The van der Waals surface area contributed by atoms with Crippen LogP contribution in [0.25, 0.3) is 0 Å². The number of benzene rings is 3. The molecule has 0 saturated carbocycles. The molecule has 3 aromatic carbocycles. The van der Waals surface area contributed by atoms with Crippen molar-refractivity contribution in [1.82, 2.24) is 0 Å². The predicted molar refractivity (Wildman–Crippen MR) is 109 cm³/mol. The Balaban J connectivity index is 1.82. The van der Waals surface area contributed by atoms with E-state index in [-0.39, 0.29) is 4.90 Å². The monoisotopic (exact) mass is 381 g/mol. The molecular weight excluding hydrogens is 358 g/mol. The number of ether oxygens (including phenoxy) is 1. The maximum atomic E-state index is 12.8. The van der Waals surface area contributed by atoms with E-state index in [0.29, 0.717) is 23.1 Å². The van der Waals surface area contributed by atoms with Crippen LogP contribution < -0.4 is 9.46 Å². The van der Waals surface area contributed by atoms with Crippen molar-refractivity contribution in [3.8, 4) is 11.5 Å². The molecule has 5 heteroatoms. The highest BCUT2D eigenvalue weighted by Gasteiger charge is 2.17. The van der Waals surface area contributed by atoms with Crippen LogP contribution in [0.2, 0.25) is 0 Å². The first kappa shape index (κ1) is 19.0. The largest absolute Gasteiger partial charge is 0.455 e. The van der Waals surface area contributed by atoms with Crippen LogP contribution in [0.15, 0.2) is 83.8 Å². The second-order valence-corrected chi connectivity index (χ2v) is 8.44. The maximum absolute atomic E-state index is 12.8. The zero-order valence-corrected chi connectivity index (χ0v) is 16.2. The Hall–Kier alpha value is -2.79. The molecule has 0 spiro atoms. The van der Waals surface area contributed by atoms with Gasteiger partial charge >= 0.3 is 0 Å². The number of hydrogen-bond acceptors (Lipinski definition) is 3. The van der Waals surface area contributed by atoms with Crippen molar-refractivity contribution in [1.29, 1.82) is 0 Å². The number of anilines is 1. The molecule has 0 saturated heterocycles. The number of para-hydroxylation sites is 3. The van der Waals surface area contributed by atoms with E-state index in [1.54, 1.807) is 36.4 Å². The highest BCUT2D eigenvalue weighted by Crippen LogP contribution is 2.30. The van der Waals surface area contributed by atoms with Gasteiger partial charge in [0.05, 0.1) is 10.6 Å². The van der Waals surface area contributed by atoms with Crippen molar-refractivity contribution >= 4 is 15.7 Å². The van der Waals surface area contributed by atoms with Crippen LogP contribution in [-0.4, -0.2) is 8.42 Å². The Morgan fingerprint density at radius 2 is 1.48 bits per heavy atom. The highest BCUT2D eigenvalue weighted by atomic mass is 32.2. The second kappa shape index (κ2) is 8.27. The normalized spacial score (nSPS) is 11.4. The Morgan fingerprint density at radius 3 is 2.15 bits per heavy atom. The third kappa shape index (κ3) is 5.11. The lowest BCUT2D eigenvalue weighted by Crippen LogP contribution is -2.13. The van der Waals surface area contributed by atoms with Crippen molar-refractivity contribution in [3.05, 3.63) is 84.4 Å². The molecule has 0 aliphatic heterocycles. The minimum absolute atomic E-state index is 0.226. The van der Waals surface area contributed by atoms with E-state index < -0.39 is 10.0 Å². The van der Waals surface area contributed by atoms with E-state index in [0.717, 1.165) is 12.0 Å². The number of nitrogens with one attached hydrogen (secondary N) is 1. The lowest BCUT2D eigenvalue weighted by atomic mass is 10.0. The summed E-state index contributed by atoms with van der Waals surface area (Å²) in [6.45, 7) is 4.27. The summed E-state index contributed by atoms with van der Waals surface area (Å²) in [6.07, 6.45) is 0.918. The third-order valence-electron chi connectivity index (χ3n) is 3.98. The molecule has 0 aliphatic carbocycles. The standard InChI is InChI=1S/C22H23NO3S/c1-17(2)16-18-12-14-20(15-13-18)27(24,25)23-21-10-6-7-11-22(21)26-19-8-4-3-5-9-19/h3-15,17,23H,16H2,1-2H3. The molecule has 0 bridgehead atoms. The van der Waals surface area contributed by atoms with E-state index in [9.17, 15) is 8.42 Å². The van der Waals surface area contributed by atoms with Crippen molar-refractivity contribution < 1.29 is 13.2 Å². The molecule has 0 unspecified atom stereocenters. The molecule has 0 heterocycles. The Kier molecular flexibility index (Phi) is 5.81. The van der Waals surface area contributed by atoms with Gasteiger partial charge in [0, 0.05) is 0 Å². The minimum atomic E-state index is -3.70. The highest BCUT2D eigenvalue weighted by molar-refractivity contribution is 7.92. The molecular formula is C22H23NO3S. The van der Waals surface area contributed by atoms with Gasteiger partial charge in [0.1, 0.15) is 5.75 Å². The maximum Gasteiger partial charge on any atom is 0.262 e. The summed E-state index contributed by atoms with van der Waals surface area (Å²) in [7, 11) is -3.70. The van der Waals surface area contributed by atoms with Gasteiger partial charge in [-0.15, -0.1) is 0 Å². The molecule has 0 atom stereocenters. The molecule has 4 nitrogen and oxygen atoms in total. The van der Waals surface area contributed by atoms with Crippen molar-refractivity contribution in [2.24, 2.45) is 5.92 Å². The summed E-state index contributed by atoms with van der Waals surface area (Å²) in [5.74, 6) is 1.61. The fraction of sp³-hybridized carbons (Fsp3) is 0.182. The average molecular weight is 381 g/mol. The van der Waals surface area contributed by atoms with Gasteiger partial charge in [0.15, 0.2) is 5.75 Å². The van der Waals surface area contributed by atoms with Gasteiger partial charge in [-0.2, -0.15) is 0 Å². The van der Waals surface area contributed by atoms with Crippen LogP contribution in [0.4, 0.5) is 5.69 Å². The van der Waals surface area contributed by atoms with Gasteiger partial charge in [-0.25, -0.2) is 8.42 Å². The SMILES string of the molecule is CC(C)Cc1ccc(S(=O)(=O)Nc2ccccc2Oc2ccccc2)cc1. The number of rotatable bonds is 7. The zero-order valence-electron chi connectivity index (χ0n) is 15.4. The topological polar surface area (TPSA) is 55.4 Å². The number of hydrogen-bond donors (Lipinski definition) is 1. The van der Waals surface area contributed by atoms with Gasteiger partial charge in [0.2, 0.25) is 0 Å². The summed E-state index contributed by atoms with van der Waals surface area (Å²) in [5.41, 5.74) is 1.52. The van der Waals surface area contributed by atoms with E-state index in [4.69, 9.17) is 4.74 Å². The lowest BCUT2D eigenvalue weighted by Gasteiger charge is -2.14. The molecule has 3 aromatic rings. The Bertz CT molecular complexity index is 982. The average Bonchev–Trinajstić information content (AvgIpc) is 2.64. The molecule has 140 valence electrons. The third-order valence-corrected chi connectivity index (χ3v) is 5.36. The smallest absolute Gasteiger partial charge is 0.262 e. The predicted octanol–water partition coefficient (Wildman–Crippen LogP) is 5.48. The fourth-order valence-electron chi connectivity index (χ4n) is 2.74. The van der Waals surface area contributed by atoms with Crippen molar-refractivity contribution in [2.45, 2.75) is 25.2 Å². The Labute approximate surface area is 160 Å². The molecule has 27 heavy (non-hydrogen) atoms. The summed E-state index contributed by atoms with van der Waals surface area (Å²) in [4.78, 5) is 0.226. The zero-order chi connectivity index (χ0) is 19.3. The van der Waals surface area contributed by atoms with Crippen LogP contribution >= 0.6 is 0 Å². The van der Waals surface area contributed by atoms with Gasteiger partial charge < -0.3 is 4.74 Å². The quantitative estimate of drug-likeness (QED) is 0.590. The molecule has 0 aromatic heterocycles. The second-order valence-electron chi connectivity index (χ2n) is 6.76. The minimum Gasteiger partial charge on any atom is -0.455 e. The van der Waals surface area contributed by atoms with Crippen molar-refractivity contribution in [3.63, 3.8) is 0 Å². The Morgan fingerprint density at radius 1 is 0.852 bits per heavy atom. The fourth-order valence-corrected chi connectivity index (χ4v) is 3.81. The summed E-state index contributed by atoms with van der Waals surface area (Å²) in [5, 5.41) is 0. The van der Waals surface area contributed by atoms with Crippen LogP contribution in [-0.2, 0) is 16.4 Å². The molecule has 0 aliphatic rings. The van der Waals surface area contributed by atoms with Crippen LogP contribution in [0, 0.1) is 5.92 Å². The van der Waals surface area contributed by atoms with Crippen molar-refractivity contribution in [2.75, 3.05) is 4.72 Å². The van der Waals surface area contributed by atoms with Crippen LogP contribution in [0.5, 0.6) is 11.5 Å². The van der Waals surface area contributed by atoms with Gasteiger partial charge in [-0.1, -0.05) is 56.3 Å². The molecule has 1 N–H and O–H groups in total. The van der Waals surface area contributed by atoms with Crippen LogP contribution in [0.1, 0.15) is 19.4 Å². The molecule has 0 amide bonds. The van der Waals surface area contributed by atoms with Gasteiger partial charge in [-0.3, -0.25) is 4.72 Å². The first-order chi connectivity index (χ1) is 12.9. The van der Waals surface area contributed by atoms with Crippen LogP contribution in [0.3, 0.4) is 0 Å². The number of sulfonamides is 1. The van der Waals surface area contributed by atoms with E-state index >= 15 is 0 Å². The lowest BCUT2D eigenvalue weighted by molar-refractivity contribution is 0.485. The van der Waals surface area contributed by atoms with E-state index in [2.05, 4.69) is 18.6 Å². The summed E-state index contributed by atoms with van der Waals surface area (Å²) >= 11 is 0. The first-order valence-electron chi connectivity index (χ1n) is 8.88. The first-order valence-corrected chi connectivity index (χ1v) is 10.4.